The van der Waals surface area contributed by atoms with E-state index in [1.807, 2.05) is 0 Å². The highest BCUT2D eigenvalue weighted by Crippen LogP contribution is 2.40. The molecule has 0 spiro atoms. The topological polar surface area (TPSA) is 26.3 Å². The Bertz CT molecular complexity index is 208. The summed E-state index contributed by atoms with van der Waals surface area (Å²) in [6, 6.07) is 0. The SMILES string of the molecule is CCCCCC=CC1CC1C(=O)OC. The maximum atomic E-state index is 11.1. The number of carbonyl (C=O) groups is 1. The van der Waals surface area contributed by atoms with Crippen LogP contribution in [0.1, 0.15) is 39.0 Å². The van der Waals surface area contributed by atoms with Gasteiger partial charge in [0.05, 0.1) is 13.0 Å². The molecular formula is C12H20O2. The number of methoxy groups -OCH3 is 1. The summed E-state index contributed by atoms with van der Waals surface area (Å²) in [4.78, 5) is 11.1. The van der Waals surface area contributed by atoms with Crippen molar-refractivity contribution >= 4 is 5.97 Å². The van der Waals surface area contributed by atoms with Gasteiger partial charge in [0.25, 0.3) is 0 Å². The van der Waals surface area contributed by atoms with Crippen molar-refractivity contribution in [2.75, 3.05) is 7.11 Å². The predicted octanol–water partition coefficient (Wildman–Crippen LogP) is 2.93. The van der Waals surface area contributed by atoms with Gasteiger partial charge in [-0.2, -0.15) is 0 Å². The summed E-state index contributed by atoms with van der Waals surface area (Å²) in [5.41, 5.74) is 0. The van der Waals surface area contributed by atoms with Gasteiger partial charge < -0.3 is 4.74 Å². The molecule has 2 nitrogen and oxygen atoms in total. The van der Waals surface area contributed by atoms with Crippen LogP contribution in [0, 0.1) is 11.8 Å². The quantitative estimate of drug-likeness (QED) is 0.371. The van der Waals surface area contributed by atoms with E-state index in [4.69, 9.17) is 0 Å². The fraction of sp³-hybridized carbons (Fsp3) is 0.750. The van der Waals surface area contributed by atoms with Crippen LogP contribution in [0.3, 0.4) is 0 Å². The summed E-state index contributed by atoms with van der Waals surface area (Å²) >= 11 is 0. The van der Waals surface area contributed by atoms with Crippen molar-refractivity contribution in [3.63, 3.8) is 0 Å². The Balaban J connectivity index is 2.06. The third kappa shape index (κ3) is 3.52. The lowest BCUT2D eigenvalue weighted by Crippen LogP contribution is -2.03. The second-order valence-corrected chi connectivity index (χ2v) is 3.95. The monoisotopic (exact) mass is 196 g/mol. The van der Waals surface area contributed by atoms with Gasteiger partial charge in [-0.3, -0.25) is 4.79 Å². The molecule has 2 atom stereocenters. The number of ether oxygens (including phenoxy) is 1. The number of allylic oxidation sites excluding steroid dienone is 2. The zero-order valence-electron chi connectivity index (χ0n) is 9.16. The lowest BCUT2D eigenvalue weighted by Gasteiger charge is -1.94. The van der Waals surface area contributed by atoms with E-state index >= 15 is 0 Å². The summed E-state index contributed by atoms with van der Waals surface area (Å²) in [5.74, 6) is 0.569. The van der Waals surface area contributed by atoms with E-state index in [1.54, 1.807) is 0 Å². The summed E-state index contributed by atoms with van der Waals surface area (Å²) in [6.07, 6.45) is 10.4. The van der Waals surface area contributed by atoms with Crippen molar-refractivity contribution in [2.45, 2.75) is 39.0 Å². The van der Waals surface area contributed by atoms with E-state index < -0.39 is 0 Å². The third-order valence-corrected chi connectivity index (χ3v) is 2.70. The van der Waals surface area contributed by atoms with Gasteiger partial charge in [-0.25, -0.2) is 0 Å². The molecule has 0 amide bonds. The van der Waals surface area contributed by atoms with Crippen LogP contribution in [-0.4, -0.2) is 13.1 Å². The predicted molar refractivity (Wildman–Crippen MR) is 56.9 cm³/mol. The molecule has 2 unspecified atom stereocenters. The smallest absolute Gasteiger partial charge is 0.309 e. The number of hydrogen-bond acceptors (Lipinski definition) is 2. The lowest BCUT2D eigenvalue weighted by atomic mass is 10.2. The molecule has 0 saturated heterocycles. The van der Waals surface area contributed by atoms with Crippen LogP contribution in [0.25, 0.3) is 0 Å². The summed E-state index contributed by atoms with van der Waals surface area (Å²) in [6.45, 7) is 2.21. The highest BCUT2D eigenvalue weighted by atomic mass is 16.5. The highest BCUT2D eigenvalue weighted by molar-refractivity contribution is 5.76. The first-order valence-electron chi connectivity index (χ1n) is 5.54. The van der Waals surface area contributed by atoms with Gasteiger partial charge in [-0.05, 0) is 25.2 Å². The number of unbranched alkanes of at least 4 members (excludes halogenated alkanes) is 3. The summed E-state index contributed by atoms with van der Waals surface area (Å²) in [5, 5.41) is 0. The zero-order chi connectivity index (χ0) is 10.4. The van der Waals surface area contributed by atoms with Crippen molar-refractivity contribution in [3.8, 4) is 0 Å². The van der Waals surface area contributed by atoms with Gasteiger partial charge in [-0.1, -0.05) is 31.9 Å². The van der Waals surface area contributed by atoms with Gasteiger partial charge in [0.1, 0.15) is 0 Å². The molecule has 0 aromatic rings. The highest BCUT2D eigenvalue weighted by Gasteiger charge is 2.41. The Morgan fingerprint density at radius 1 is 1.50 bits per heavy atom. The molecule has 1 aliphatic carbocycles. The Labute approximate surface area is 86.3 Å². The van der Waals surface area contributed by atoms with Gasteiger partial charge in [0, 0.05) is 0 Å². The maximum Gasteiger partial charge on any atom is 0.309 e. The normalized spacial score (nSPS) is 25.3. The van der Waals surface area contributed by atoms with E-state index in [2.05, 4.69) is 23.8 Å². The number of esters is 1. The van der Waals surface area contributed by atoms with E-state index in [0.29, 0.717) is 5.92 Å². The minimum absolute atomic E-state index is 0.0480. The van der Waals surface area contributed by atoms with Crippen molar-refractivity contribution in [1.82, 2.24) is 0 Å². The molecule has 1 rings (SSSR count). The van der Waals surface area contributed by atoms with Crippen LogP contribution in [0.4, 0.5) is 0 Å². The van der Waals surface area contributed by atoms with Crippen molar-refractivity contribution < 1.29 is 9.53 Å². The molecule has 0 heterocycles. The molecule has 14 heavy (non-hydrogen) atoms. The Hall–Kier alpha value is -0.790. The van der Waals surface area contributed by atoms with Crippen LogP contribution in [0.5, 0.6) is 0 Å². The van der Waals surface area contributed by atoms with Crippen molar-refractivity contribution in [3.05, 3.63) is 12.2 Å². The fourth-order valence-corrected chi connectivity index (χ4v) is 1.63. The van der Waals surface area contributed by atoms with Crippen LogP contribution >= 0.6 is 0 Å². The van der Waals surface area contributed by atoms with Crippen LogP contribution < -0.4 is 0 Å². The second-order valence-electron chi connectivity index (χ2n) is 3.95. The molecule has 0 bridgehead atoms. The minimum Gasteiger partial charge on any atom is -0.469 e. The third-order valence-electron chi connectivity index (χ3n) is 2.70. The molecule has 80 valence electrons. The number of hydrogen-bond donors (Lipinski definition) is 0. The Morgan fingerprint density at radius 2 is 2.29 bits per heavy atom. The molecule has 2 heteroatoms. The van der Waals surface area contributed by atoms with Gasteiger partial charge in [0.2, 0.25) is 0 Å². The zero-order valence-corrected chi connectivity index (χ0v) is 9.16. The molecule has 1 fully saturated rings. The number of rotatable bonds is 6. The first-order valence-corrected chi connectivity index (χ1v) is 5.54. The Kier molecular flexibility index (Phi) is 4.71. The second kappa shape index (κ2) is 5.84. The maximum absolute atomic E-state index is 11.1. The molecule has 0 aliphatic heterocycles. The van der Waals surface area contributed by atoms with E-state index in [1.165, 1.54) is 26.4 Å². The van der Waals surface area contributed by atoms with E-state index in [-0.39, 0.29) is 11.9 Å². The Morgan fingerprint density at radius 3 is 2.93 bits per heavy atom. The largest absolute Gasteiger partial charge is 0.469 e. The molecule has 1 saturated carbocycles. The van der Waals surface area contributed by atoms with Gasteiger partial charge >= 0.3 is 5.97 Å². The van der Waals surface area contributed by atoms with Crippen LogP contribution in [0.15, 0.2) is 12.2 Å². The molecule has 0 aromatic carbocycles. The molecular weight excluding hydrogens is 176 g/mol. The fourth-order valence-electron chi connectivity index (χ4n) is 1.63. The van der Waals surface area contributed by atoms with E-state index in [9.17, 15) is 4.79 Å². The van der Waals surface area contributed by atoms with Crippen LogP contribution in [-0.2, 0) is 9.53 Å². The molecule has 0 aromatic heterocycles. The molecule has 0 radical (unpaired) electrons. The minimum atomic E-state index is -0.0480. The standard InChI is InChI=1S/C12H20O2/c1-3-4-5-6-7-8-10-9-11(10)12(13)14-2/h7-8,10-11H,3-6,9H2,1-2H3. The summed E-state index contributed by atoms with van der Waals surface area (Å²) < 4.78 is 4.68. The first kappa shape index (κ1) is 11.3. The lowest BCUT2D eigenvalue weighted by molar-refractivity contribution is -0.142. The van der Waals surface area contributed by atoms with Gasteiger partial charge in [0.15, 0.2) is 0 Å². The van der Waals surface area contributed by atoms with Crippen LogP contribution in [0.2, 0.25) is 0 Å². The van der Waals surface area contributed by atoms with Gasteiger partial charge in [-0.15, -0.1) is 0 Å². The van der Waals surface area contributed by atoms with E-state index in [0.717, 1.165) is 12.8 Å². The summed E-state index contributed by atoms with van der Waals surface area (Å²) in [7, 11) is 1.46. The number of carbonyl (C=O) groups excluding carboxylic acids is 1. The molecule has 0 N–H and O–H groups in total. The molecule has 1 aliphatic rings. The van der Waals surface area contributed by atoms with Crippen molar-refractivity contribution in [1.29, 1.82) is 0 Å². The first-order chi connectivity index (χ1) is 6.79. The average Bonchev–Trinajstić information content (AvgIpc) is 2.96. The van der Waals surface area contributed by atoms with Crippen molar-refractivity contribution in [2.24, 2.45) is 11.8 Å². The average molecular weight is 196 g/mol.